The number of rotatable bonds is 5. The second-order valence-electron chi connectivity index (χ2n) is 4.86. The number of carbonyl (C=O) groups is 1. The molecule has 6 heteroatoms. The number of aryl methyl sites for hydroxylation is 1. The second-order valence-corrected chi connectivity index (χ2v) is 4.86. The van der Waals surface area contributed by atoms with Crippen LogP contribution in [0, 0.1) is 6.92 Å². The Bertz CT molecular complexity index is 828. The predicted molar refractivity (Wildman–Crippen MR) is 82.2 cm³/mol. The molecule has 0 fully saturated rings. The maximum atomic E-state index is 10.9. The molecule has 1 aromatic carbocycles. The van der Waals surface area contributed by atoms with Gasteiger partial charge in [0.05, 0.1) is 5.56 Å². The molecule has 2 aromatic heterocycles. The summed E-state index contributed by atoms with van der Waals surface area (Å²) in [6, 6.07) is 12.3. The summed E-state index contributed by atoms with van der Waals surface area (Å²) in [5.41, 5.74) is 1.65. The molecule has 23 heavy (non-hydrogen) atoms. The number of aromatic nitrogens is 2. The average molecular weight is 310 g/mol. The zero-order valence-corrected chi connectivity index (χ0v) is 12.4. The van der Waals surface area contributed by atoms with Gasteiger partial charge in [0, 0.05) is 17.8 Å². The molecule has 0 aliphatic heterocycles. The van der Waals surface area contributed by atoms with Crippen LogP contribution in [0.4, 0.5) is 0 Å². The number of nitrogens with zero attached hydrogens (tertiary/aromatic N) is 2. The minimum atomic E-state index is -1.03. The van der Waals surface area contributed by atoms with Crippen LogP contribution in [0.5, 0.6) is 5.88 Å². The van der Waals surface area contributed by atoms with Gasteiger partial charge in [-0.2, -0.15) is 0 Å². The fraction of sp³-hybridized carbons (Fsp3) is 0.118. The Morgan fingerprint density at radius 1 is 1.26 bits per heavy atom. The summed E-state index contributed by atoms with van der Waals surface area (Å²) in [6.45, 7) is 1.96. The molecule has 0 spiro atoms. The number of benzene rings is 1. The van der Waals surface area contributed by atoms with E-state index in [0.29, 0.717) is 17.3 Å². The van der Waals surface area contributed by atoms with Gasteiger partial charge in [-0.05, 0) is 25.1 Å². The molecule has 0 radical (unpaired) electrons. The Kier molecular flexibility index (Phi) is 4.05. The first-order chi connectivity index (χ1) is 11.1. The molecule has 6 nitrogen and oxygen atoms in total. The van der Waals surface area contributed by atoms with Gasteiger partial charge in [0.1, 0.15) is 18.1 Å². The van der Waals surface area contributed by atoms with Crippen LogP contribution in [-0.2, 0) is 6.61 Å². The number of pyridine rings is 1. The normalized spacial score (nSPS) is 10.5. The molecular weight excluding hydrogens is 296 g/mol. The molecule has 0 atom stereocenters. The van der Waals surface area contributed by atoms with Crippen LogP contribution in [0.1, 0.15) is 21.8 Å². The van der Waals surface area contributed by atoms with Gasteiger partial charge in [-0.15, -0.1) is 0 Å². The van der Waals surface area contributed by atoms with Crippen molar-refractivity contribution in [3.8, 4) is 17.3 Å². The molecule has 0 aliphatic rings. The highest BCUT2D eigenvalue weighted by Crippen LogP contribution is 2.22. The largest absolute Gasteiger partial charge is 0.478 e. The molecular formula is C17H14N2O4. The zero-order chi connectivity index (χ0) is 16.2. The molecule has 0 aliphatic carbocycles. The van der Waals surface area contributed by atoms with Gasteiger partial charge in [0.25, 0.3) is 0 Å². The van der Waals surface area contributed by atoms with E-state index in [9.17, 15) is 4.79 Å². The Balaban J connectivity index is 1.75. The monoisotopic (exact) mass is 310 g/mol. The summed E-state index contributed by atoms with van der Waals surface area (Å²) in [5, 5.41) is 8.96. The van der Waals surface area contributed by atoms with E-state index >= 15 is 0 Å². The zero-order valence-electron chi connectivity index (χ0n) is 12.4. The molecule has 116 valence electrons. The van der Waals surface area contributed by atoms with Crippen LogP contribution >= 0.6 is 0 Å². The van der Waals surface area contributed by atoms with Gasteiger partial charge >= 0.3 is 5.97 Å². The highest BCUT2D eigenvalue weighted by atomic mass is 16.5. The van der Waals surface area contributed by atoms with E-state index in [4.69, 9.17) is 14.3 Å². The van der Waals surface area contributed by atoms with Crippen molar-refractivity contribution in [1.82, 2.24) is 9.97 Å². The van der Waals surface area contributed by atoms with Crippen molar-refractivity contribution in [2.24, 2.45) is 0 Å². The highest BCUT2D eigenvalue weighted by Gasteiger charge is 2.12. The Morgan fingerprint density at radius 3 is 2.78 bits per heavy atom. The van der Waals surface area contributed by atoms with Crippen LogP contribution < -0.4 is 4.74 Å². The third-order valence-corrected chi connectivity index (χ3v) is 3.25. The van der Waals surface area contributed by atoms with Gasteiger partial charge in [-0.1, -0.05) is 18.2 Å². The highest BCUT2D eigenvalue weighted by molar-refractivity contribution is 5.87. The van der Waals surface area contributed by atoms with Gasteiger partial charge in [0.2, 0.25) is 11.8 Å². The van der Waals surface area contributed by atoms with Crippen molar-refractivity contribution >= 4 is 5.97 Å². The SMILES string of the molecule is Cc1oc(-c2ccccc2)nc1COc1cc(C(=O)O)ccn1. The molecule has 2 heterocycles. The summed E-state index contributed by atoms with van der Waals surface area (Å²) < 4.78 is 11.2. The number of carboxylic acids is 1. The lowest BCUT2D eigenvalue weighted by Crippen LogP contribution is -2.02. The lowest BCUT2D eigenvalue weighted by Gasteiger charge is -2.03. The van der Waals surface area contributed by atoms with Gasteiger partial charge in [0.15, 0.2) is 0 Å². The van der Waals surface area contributed by atoms with E-state index in [1.807, 2.05) is 30.3 Å². The molecule has 0 unspecified atom stereocenters. The van der Waals surface area contributed by atoms with E-state index in [0.717, 1.165) is 5.56 Å². The summed E-state index contributed by atoms with van der Waals surface area (Å²) in [5.74, 6) is 0.377. The van der Waals surface area contributed by atoms with E-state index in [1.54, 1.807) is 6.92 Å². The minimum absolute atomic E-state index is 0.122. The number of carboxylic acid groups (broad SMARTS) is 1. The van der Waals surface area contributed by atoms with Crippen molar-refractivity contribution in [3.63, 3.8) is 0 Å². The first-order valence-electron chi connectivity index (χ1n) is 6.97. The summed E-state index contributed by atoms with van der Waals surface area (Å²) >= 11 is 0. The molecule has 0 bridgehead atoms. The van der Waals surface area contributed by atoms with Crippen molar-refractivity contribution in [3.05, 3.63) is 65.7 Å². The molecule has 3 aromatic rings. The first kappa shape index (κ1) is 14.8. The fourth-order valence-electron chi connectivity index (χ4n) is 2.03. The van der Waals surface area contributed by atoms with Crippen LogP contribution in [0.2, 0.25) is 0 Å². The smallest absolute Gasteiger partial charge is 0.335 e. The maximum Gasteiger partial charge on any atom is 0.335 e. The summed E-state index contributed by atoms with van der Waals surface area (Å²) in [6.07, 6.45) is 1.39. The average Bonchev–Trinajstić information content (AvgIpc) is 2.95. The predicted octanol–water partition coefficient (Wildman–Crippen LogP) is 3.32. The molecule has 3 rings (SSSR count). The minimum Gasteiger partial charge on any atom is -0.478 e. The standard InChI is InChI=1S/C17H14N2O4/c1-11-14(19-16(23-11)12-5-3-2-4-6-12)10-22-15-9-13(17(20)21)7-8-18-15/h2-9H,10H2,1H3,(H,20,21). The molecule has 0 amide bonds. The van der Waals surface area contributed by atoms with Gasteiger partial charge in [-0.25, -0.2) is 14.8 Å². The topological polar surface area (TPSA) is 85.5 Å². The molecule has 1 N–H and O–H groups in total. The number of ether oxygens (including phenoxy) is 1. The van der Waals surface area contributed by atoms with Crippen LogP contribution in [0.3, 0.4) is 0 Å². The van der Waals surface area contributed by atoms with Gasteiger partial charge in [-0.3, -0.25) is 0 Å². The lowest BCUT2D eigenvalue weighted by atomic mass is 10.2. The van der Waals surface area contributed by atoms with Crippen molar-refractivity contribution in [2.75, 3.05) is 0 Å². The third-order valence-electron chi connectivity index (χ3n) is 3.25. The number of hydrogen-bond donors (Lipinski definition) is 1. The number of aromatic carboxylic acids is 1. The number of hydrogen-bond acceptors (Lipinski definition) is 5. The third kappa shape index (κ3) is 3.37. The fourth-order valence-corrected chi connectivity index (χ4v) is 2.03. The maximum absolute atomic E-state index is 10.9. The van der Waals surface area contributed by atoms with E-state index in [-0.39, 0.29) is 18.1 Å². The van der Waals surface area contributed by atoms with Crippen molar-refractivity contribution in [1.29, 1.82) is 0 Å². The van der Waals surface area contributed by atoms with Crippen molar-refractivity contribution < 1.29 is 19.1 Å². The first-order valence-corrected chi connectivity index (χ1v) is 6.97. The van der Waals surface area contributed by atoms with Crippen LogP contribution in [-0.4, -0.2) is 21.0 Å². The quantitative estimate of drug-likeness (QED) is 0.778. The van der Waals surface area contributed by atoms with E-state index in [1.165, 1.54) is 18.3 Å². The van der Waals surface area contributed by atoms with Crippen molar-refractivity contribution in [2.45, 2.75) is 13.5 Å². The summed E-state index contributed by atoms with van der Waals surface area (Å²) in [7, 11) is 0. The second kappa shape index (κ2) is 6.31. The van der Waals surface area contributed by atoms with Crippen LogP contribution in [0.15, 0.2) is 53.1 Å². The van der Waals surface area contributed by atoms with E-state index in [2.05, 4.69) is 9.97 Å². The number of oxazole rings is 1. The van der Waals surface area contributed by atoms with Crippen LogP contribution in [0.25, 0.3) is 11.5 Å². The summed E-state index contributed by atoms with van der Waals surface area (Å²) in [4.78, 5) is 19.3. The lowest BCUT2D eigenvalue weighted by molar-refractivity contribution is 0.0696. The Morgan fingerprint density at radius 2 is 2.04 bits per heavy atom. The van der Waals surface area contributed by atoms with Gasteiger partial charge < -0.3 is 14.3 Å². The van der Waals surface area contributed by atoms with E-state index < -0.39 is 5.97 Å². The Hall–Kier alpha value is -3.15. The molecule has 0 saturated heterocycles. The Labute approximate surface area is 132 Å². The molecule has 0 saturated carbocycles.